The van der Waals surface area contributed by atoms with Gasteiger partial charge < -0.3 is 5.11 Å². The highest BCUT2D eigenvalue weighted by Crippen LogP contribution is 2.28. The molecule has 0 fully saturated rings. The van der Waals surface area contributed by atoms with Crippen molar-refractivity contribution in [3.63, 3.8) is 0 Å². The molecule has 1 amide bonds. The summed E-state index contributed by atoms with van der Waals surface area (Å²) >= 11 is 0. The number of carbonyl (C=O) groups is 1. The fourth-order valence-corrected chi connectivity index (χ4v) is 1.51. The lowest BCUT2D eigenvalue weighted by atomic mass is 10.0. The third-order valence-electron chi connectivity index (χ3n) is 2.21. The average molecular weight is 232 g/mol. The molecule has 0 bridgehead atoms. The summed E-state index contributed by atoms with van der Waals surface area (Å²) < 4.78 is 13.2. The number of anilines is 1. The van der Waals surface area contributed by atoms with Crippen LogP contribution < -0.4 is 5.32 Å². The Bertz CT molecular complexity index is 543. The van der Waals surface area contributed by atoms with E-state index in [1.54, 1.807) is 24.5 Å². The maximum Gasteiger partial charge on any atom is 0.409 e. The summed E-state index contributed by atoms with van der Waals surface area (Å²) in [5.74, 6) is -0.423. The number of aromatic nitrogens is 1. The highest BCUT2D eigenvalue weighted by atomic mass is 19.1. The number of rotatable bonds is 2. The molecule has 17 heavy (non-hydrogen) atoms. The summed E-state index contributed by atoms with van der Waals surface area (Å²) in [6.45, 7) is 0. The van der Waals surface area contributed by atoms with Gasteiger partial charge in [0.05, 0.1) is 5.69 Å². The van der Waals surface area contributed by atoms with Gasteiger partial charge in [0.2, 0.25) is 0 Å². The van der Waals surface area contributed by atoms with Gasteiger partial charge in [-0.3, -0.25) is 10.3 Å². The zero-order chi connectivity index (χ0) is 12.3. The molecule has 0 aliphatic carbocycles. The van der Waals surface area contributed by atoms with E-state index in [2.05, 4.69) is 10.3 Å². The highest BCUT2D eigenvalue weighted by Gasteiger charge is 2.08. The van der Waals surface area contributed by atoms with Crippen LogP contribution in [-0.4, -0.2) is 16.2 Å². The van der Waals surface area contributed by atoms with Crippen LogP contribution in [0.4, 0.5) is 14.9 Å². The first-order chi connectivity index (χ1) is 8.16. The number of pyridine rings is 1. The van der Waals surface area contributed by atoms with Crippen molar-refractivity contribution in [2.45, 2.75) is 0 Å². The molecule has 0 atom stereocenters. The second-order valence-corrected chi connectivity index (χ2v) is 3.36. The van der Waals surface area contributed by atoms with Crippen molar-refractivity contribution in [2.24, 2.45) is 0 Å². The van der Waals surface area contributed by atoms with Crippen LogP contribution in [0.15, 0.2) is 42.7 Å². The Morgan fingerprint density at radius 3 is 2.59 bits per heavy atom. The predicted molar refractivity (Wildman–Crippen MR) is 61.3 cm³/mol. The van der Waals surface area contributed by atoms with Gasteiger partial charge in [-0.2, -0.15) is 0 Å². The van der Waals surface area contributed by atoms with E-state index in [9.17, 15) is 9.18 Å². The fraction of sp³-hybridized carbons (Fsp3) is 0. The van der Waals surface area contributed by atoms with Crippen LogP contribution in [0.25, 0.3) is 11.1 Å². The number of nitrogens with zero attached hydrogens (tertiary/aromatic N) is 1. The van der Waals surface area contributed by atoms with Gasteiger partial charge in [0, 0.05) is 18.0 Å². The van der Waals surface area contributed by atoms with Crippen molar-refractivity contribution in [3.8, 4) is 11.1 Å². The van der Waals surface area contributed by atoms with Gasteiger partial charge >= 0.3 is 6.09 Å². The van der Waals surface area contributed by atoms with Crippen molar-refractivity contribution in [2.75, 3.05) is 5.32 Å². The number of carboxylic acid groups (broad SMARTS) is 1. The summed E-state index contributed by atoms with van der Waals surface area (Å²) in [7, 11) is 0. The molecule has 2 rings (SSSR count). The van der Waals surface area contributed by atoms with E-state index >= 15 is 0 Å². The molecule has 4 nitrogen and oxygen atoms in total. The molecule has 86 valence electrons. The standard InChI is InChI=1S/C12H9FN2O2/c13-9-1-2-11(15-12(16)17)10(7-9)8-3-5-14-6-4-8/h1-7,15H,(H,16,17). The maximum atomic E-state index is 13.2. The molecular formula is C12H9FN2O2. The minimum atomic E-state index is -1.19. The van der Waals surface area contributed by atoms with E-state index in [1.165, 1.54) is 18.2 Å². The van der Waals surface area contributed by atoms with Gasteiger partial charge in [-0.15, -0.1) is 0 Å². The van der Waals surface area contributed by atoms with Crippen molar-refractivity contribution in [1.82, 2.24) is 4.98 Å². The monoisotopic (exact) mass is 232 g/mol. The van der Waals surface area contributed by atoms with Gasteiger partial charge in [-0.25, -0.2) is 9.18 Å². The van der Waals surface area contributed by atoms with E-state index < -0.39 is 11.9 Å². The average Bonchev–Trinajstić information content (AvgIpc) is 2.32. The number of halogens is 1. The molecule has 0 spiro atoms. The number of amides is 1. The molecular weight excluding hydrogens is 223 g/mol. The molecule has 0 saturated heterocycles. The lowest BCUT2D eigenvalue weighted by Crippen LogP contribution is -2.08. The molecule has 1 heterocycles. The number of hydrogen-bond acceptors (Lipinski definition) is 2. The van der Waals surface area contributed by atoms with Gasteiger partial charge in [0.15, 0.2) is 0 Å². The zero-order valence-electron chi connectivity index (χ0n) is 8.72. The van der Waals surface area contributed by atoms with Crippen molar-refractivity contribution in [1.29, 1.82) is 0 Å². The largest absolute Gasteiger partial charge is 0.465 e. The summed E-state index contributed by atoms with van der Waals surface area (Å²) in [6.07, 6.45) is 1.93. The van der Waals surface area contributed by atoms with Crippen LogP contribution in [-0.2, 0) is 0 Å². The molecule has 1 aromatic carbocycles. The predicted octanol–water partition coefficient (Wildman–Crippen LogP) is 2.98. The first-order valence-corrected chi connectivity index (χ1v) is 4.87. The first kappa shape index (κ1) is 11.1. The van der Waals surface area contributed by atoms with E-state index in [1.807, 2.05) is 0 Å². The van der Waals surface area contributed by atoms with Crippen LogP contribution in [0.1, 0.15) is 0 Å². The second-order valence-electron chi connectivity index (χ2n) is 3.36. The molecule has 0 radical (unpaired) electrons. The van der Waals surface area contributed by atoms with Gasteiger partial charge in [-0.1, -0.05) is 0 Å². The molecule has 2 aromatic rings. The van der Waals surface area contributed by atoms with Crippen LogP contribution >= 0.6 is 0 Å². The zero-order valence-corrected chi connectivity index (χ0v) is 8.72. The second kappa shape index (κ2) is 4.61. The smallest absolute Gasteiger partial charge is 0.409 e. The first-order valence-electron chi connectivity index (χ1n) is 4.87. The Hall–Kier alpha value is -2.43. The van der Waals surface area contributed by atoms with E-state index in [4.69, 9.17) is 5.11 Å². The van der Waals surface area contributed by atoms with Crippen molar-refractivity contribution < 1.29 is 14.3 Å². The van der Waals surface area contributed by atoms with Gasteiger partial charge in [-0.05, 0) is 35.9 Å². The third kappa shape index (κ3) is 2.57. The van der Waals surface area contributed by atoms with Crippen molar-refractivity contribution in [3.05, 3.63) is 48.5 Å². The minimum absolute atomic E-state index is 0.338. The number of benzene rings is 1. The van der Waals surface area contributed by atoms with Crippen LogP contribution in [0, 0.1) is 5.82 Å². The Morgan fingerprint density at radius 2 is 1.94 bits per heavy atom. The van der Waals surface area contributed by atoms with Gasteiger partial charge in [0.25, 0.3) is 0 Å². The summed E-state index contributed by atoms with van der Waals surface area (Å²) in [5.41, 5.74) is 1.52. The molecule has 1 aromatic heterocycles. The maximum absolute atomic E-state index is 13.2. The van der Waals surface area contributed by atoms with Crippen LogP contribution in [0.5, 0.6) is 0 Å². The number of nitrogens with one attached hydrogen (secondary N) is 1. The Kier molecular flexibility index (Phi) is 3.00. The number of hydrogen-bond donors (Lipinski definition) is 2. The van der Waals surface area contributed by atoms with E-state index in [-0.39, 0.29) is 0 Å². The Balaban J connectivity index is 2.51. The molecule has 5 heteroatoms. The SMILES string of the molecule is O=C(O)Nc1ccc(F)cc1-c1ccncc1. The minimum Gasteiger partial charge on any atom is -0.465 e. The van der Waals surface area contributed by atoms with E-state index in [0.29, 0.717) is 16.8 Å². The molecule has 0 saturated carbocycles. The summed E-state index contributed by atoms with van der Waals surface area (Å²) in [5, 5.41) is 10.9. The summed E-state index contributed by atoms with van der Waals surface area (Å²) in [4.78, 5) is 14.5. The van der Waals surface area contributed by atoms with E-state index in [0.717, 1.165) is 0 Å². The topological polar surface area (TPSA) is 62.2 Å². The molecule has 0 aliphatic rings. The molecule has 0 unspecified atom stereocenters. The quantitative estimate of drug-likeness (QED) is 0.836. The van der Waals surface area contributed by atoms with Crippen molar-refractivity contribution >= 4 is 11.8 Å². The Labute approximate surface area is 96.7 Å². The van der Waals surface area contributed by atoms with Crippen LogP contribution in [0.3, 0.4) is 0 Å². The third-order valence-corrected chi connectivity index (χ3v) is 2.21. The fourth-order valence-electron chi connectivity index (χ4n) is 1.51. The molecule has 0 aliphatic heterocycles. The lowest BCUT2D eigenvalue weighted by molar-refractivity contribution is 0.210. The normalized spacial score (nSPS) is 9.94. The highest BCUT2D eigenvalue weighted by molar-refractivity contribution is 5.90. The molecule has 2 N–H and O–H groups in total. The Morgan fingerprint density at radius 1 is 1.24 bits per heavy atom. The van der Waals surface area contributed by atoms with Gasteiger partial charge in [0.1, 0.15) is 5.82 Å². The summed E-state index contributed by atoms with van der Waals surface area (Å²) in [6, 6.07) is 7.24. The van der Waals surface area contributed by atoms with Crippen LogP contribution in [0.2, 0.25) is 0 Å². The lowest BCUT2D eigenvalue weighted by Gasteiger charge is -2.09.